The monoisotopic (exact) mass is 622 g/mol. The lowest BCUT2D eigenvalue weighted by Gasteiger charge is -2.29. The molecule has 2 aromatic rings. The average molecular weight is 623 g/mol. The first-order valence-corrected chi connectivity index (χ1v) is 13.0. The molecule has 2 atom stereocenters. The van der Waals surface area contributed by atoms with Crippen molar-refractivity contribution >= 4 is 50.5 Å². The molecule has 1 amide bonds. The van der Waals surface area contributed by atoms with E-state index in [1.54, 1.807) is 6.08 Å². The number of nitriles is 1. The zero-order valence-electron chi connectivity index (χ0n) is 18.9. The molecule has 1 N–H and O–H groups in total. The highest BCUT2D eigenvalue weighted by Gasteiger charge is 2.24. The smallest absolute Gasteiger partial charge is 0.262 e. The lowest BCUT2D eigenvalue weighted by molar-refractivity contribution is -0.118. The van der Waals surface area contributed by atoms with Crippen molar-refractivity contribution in [2.75, 3.05) is 6.61 Å². The van der Waals surface area contributed by atoms with Crippen LogP contribution in [0.5, 0.6) is 11.5 Å². The van der Waals surface area contributed by atoms with Crippen LogP contribution >= 0.6 is 38.5 Å². The number of rotatable bonds is 8. The van der Waals surface area contributed by atoms with Gasteiger partial charge in [0.2, 0.25) is 0 Å². The number of nitrogens with one attached hydrogen (secondary N) is 1. The summed E-state index contributed by atoms with van der Waals surface area (Å²) < 4.78 is 13.8. The van der Waals surface area contributed by atoms with Crippen LogP contribution in [0.3, 0.4) is 0 Å². The Kier molecular flexibility index (Phi) is 9.63. The second kappa shape index (κ2) is 12.4. The predicted octanol–water partition coefficient (Wildman–Crippen LogP) is 6.63. The maximum absolute atomic E-state index is 12.8. The van der Waals surface area contributed by atoms with Crippen LogP contribution in [0, 0.1) is 20.8 Å². The third-order valence-corrected chi connectivity index (χ3v) is 7.06. The normalized spacial score (nSPS) is 18.3. The first-order valence-electron chi connectivity index (χ1n) is 11.2. The van der Waals surface area contributed by atoms with Gasteiger partial charge in [0.1, 0.15) is 18.2 Å². The molecule has 1 fully saturated rings. The molecule has 0 unspecified atom stereocenters. The summed E-state index contributed by atoms with van der Waals surface area (Å²) in [6, 6.07) is 13.8. The van der Waals surface area contributed by atoms with Crippen LogP contribution in [0.15, 0.2) is 46.4 Å². The lowest BCUT2D eigenvalue weighted by atomic mass is 9.86. The molecule has 3 rings (SSSR count). The topological polar surface area (TPSA) is 71.3 Å². The molecule has 0 radical (unpaired) electrons. The van der Waals surface area contributed by atoms with E-state index in [-0.39, 0.29) is 17.5 Å². The summed E-state index contributed by atoms with van der Waals surface area (Å²) in [4.78, 5) is 12.8. The molecule has 7 heteroatoms. The van der Waals surface area contributed by atoms with Crippen molar-refractivity contribution in [3.8, 4) is 17.6 Å². The summed E-state index contributed by atoms with van der Waals surface area (Å²) in [7, 11) is 0. The third kappa shape index (κ3) is 7.21. The largest absolute Gasteiger partial charge is 0.490 e. The molecule has 0 aliphatic heterocycles. The van der Waals surface area contributed by atoms with Gasteiger partial charge in [-0.3, -0.25) is 4.79 Å². The van der Waals surface area contributed by atoms with Gasteiger partial charge in [-0.15, -0.1) is 0 Å². The standard InChI is InChI=1S/C26H28BrIN2O3/c1-3-32-24-14-19(12-20(15-29)26(31)30-23-7-5-4-6-17(23)2)13-22(28)25(24)33-16-18-8-10-21(27)11-9-18/h8-14,17,23H,3-7,16H2,1-2H3,(H,30,31)/b20-12+/t17-,23-/m0/s1. The van der Waals surface area contributed by atoms with Crippen molar-refractivity contribution in [1.82, 2.24) is 5.32 Å². The minimum atomic E-state index is -0.320. The second-order valence-corrected chi connectivity index (χ2v) is 10.3. The fourth-order valence-corrected chi connectivity index (χ4v) is 4.95. The molecule has 174 valence electrons. The molecule has 0 heterocycles. The molecule has 2 aromatic carbocycles. The molecular formula is C26H28BrIN2O3. The van der Waals surface area contributed by atoms with Crippen molar-refractivity contribution in [1.29, 1.82) is 5.26 Å². The van der Waals surface area contributed by atoms with Crippen LogP contribution in [0.4, 0.5) is 0 Å². The first-order chi connectivity index (χ1) is 15.9. The molecule has 0 aromatic heterocycles. The lowest BCUT2D eigenvalue weighted by Crippen LogP contribution is -2.41. The Morgan fingerprint density at radius 1 is 1.24 bits per heavy atom. The number of hydrogen-bond acceptors (Lipinski definition) is 4. The van der Waals surface area contributed by atoms with E-state index in [1.807, 2.05) is 43.3 Å². The number of carbonyl (C=O) groups excluding carboxylic acids is 1. The maximum atomic E-state index is 12.8. The van der Waals surface area contributed by atoms with E-state index in [0.29, 0.717) is 30.6 Å². The van der Waals surface area contributed by atoms with Crippen LogP contribution in [0.25, 0.3) is 6.08 Å². The molecular weight excluding hydrogens is 595 g/mol. The minimum Gasteiger partial charge on any atom is -0.490 e. The molecule has 1 aliphatic carbocycles. The van der Waals surface area contributed by atoms with E-state index in [0.717, 1.165) is 38.4 Å². The highest BCUT2D eigenvalue weighted by atomic mass is 127. The zero-order valence-corrected chi connectivity index (χ0v) is 22.6. The van der Waals surface area contributed by atoms with E-state index < -0.39 is 0 Å². The second-order valence-electron chi connectivity index (χ2n) is 8.19. The summed E-state index contributed by atoms with van der Waals surface area (Å²) in [5.74, 6) is 1.35. The van der Waals surface area contributed by atoms with Gasteiger partial charge in [0.25, 0.3) is 5.91 Å². The maximum Gasteiger partial charge on any atom is 0.262 e. The highest BCUT2D eigenvalue weighted by Crippen LogP contribution is 2.35. The Hall–Kier alpha value is -2.05. The number of amides is 1. The predicted molar refractivity (Wildman–Crippen MR) is 142 cm³/mol. The number of carbonyl (C=O) groups is 1. The Labute approximate surface area is 217 Å². The van der Waals surface area contributed by atoms with E-state index in [2.05, 4.69) is 56.8 Å². The SMILES string of the molecule is CCOc1cc(/C=C(\C#N)C(=O)N[C@H]2CCCC[C@@H]2C)cc(I)c1OCc1ccc(Br)cc1. The molecule has 1 saturated carbocycles. The minimum absolute atomic E-state index is 0.0922. The summed E-state index contributed by atoms with van der Waals surface area (Å²) in [6.07, 6.45) is 5.99. The van der Waals surface area contributed by atoms with Crippen LogP contribution in [-0.4, -0.2) is 18.6 Å². The van der Waals surface area contributed by atoms with Crippen LogP contribution < -0.4 is 14.8 Å². The van der Waals surface area contributed by atoms with Crippen LogP contribution in [0.1, 0.15) is 50.7 Å². The van der Waals surface area contributed by atoms with Crippen LogP contribution in [-0.2, 0) is 11.4 Å². The Morgan fingerprint density at radius 3 is 2.64 bits per heavy atom. The van der Waals surface area contributed by atoms with Gasteiger partial charge in [-0.05, 0) is 89.7 Å². The van der Waals surface area contributed by atoms with E-state index >= 15 is 0 Å². The van der Waals surface area contributed by atoms with Crippen molar-refractivity contribution < 1.29 is 14.3 Å². The Balaban J connectivity index is 1.79. The number of benzene rings is 2. The molecule has 1 aliphatic rings. The van der Waals surface area contributed by atoms with Gasteiger partial charge in [0.05, 0.1) is 10.2 Å². The molecule has 0 bridgehead atoms. The summed E-state index contributed by atoms with van der Waals surface area (Å²) in [5, 5.41) is 12.7. The van der Waals surface area contributed by atoms with Crippen molar-refractivity contribution in [2.24, 2.45) is 5.92 Å². The first kappa shape index (κ1) is 25.6. The molecule has 5 nitrogen and oxygen atoms in total. The summed E-state index contributed by atoms with van der Waals surface area (Å²) in [6.45, 7) is 4.95. The Morgan fingerprint density at radius 2 is 1.97 bits per heavy atom. The van der Waals surface area contributed by atoms with E-state index in [9.17, 15) is 10.1 Å². The quantitative estimate of drug-likeness (QED) is 0.204. The van der Waals surface area contributed by atoms with Crippen molar-refractivity contribution in [3.63, 3.8) is 0 Å². The number of nitrogens with zero attached hydrogens (tertiary/aromatic N) is 1. The summed E-state index contributed by atoms with van der Waals surface area (Å²) >= 11 is 5.64. The zero-order chi connectivity index (χ0) is 23.8. The van der Waals surface area contributed by atoms with Crippen molar-refractivity contribution in [3.05, 3.63) is 61.1 Å². The fraction of sp³-hybridized carbons (Fsp3) is 0.385. The van der Waals surface area contributed by atoms with Gasteiger partial charge in [-0.2, -0.15) is 5.26 Å². The molecule has 0 saturated heterocycles. The van der Waals surface area contributed by atoms with E-state index in [4.69, 9.17) is 9.47 Å². The fourth-order valence-electron chi connectivity index (χ4n) is 3.90. The molecule has 0 spiro atoms. The van der Waals surface area contributed by atoms with Gasteiger partial charge in [-0.1, -0.05) is 47.8 Å². The Bertz CT molecular complexity index is 1050. The van der Waals surface area contributed by atoms with Gasteiger partial charge >= 0.3 is 0 Å². The van der Waals surface area contributed by atoms with Crippen LogP contribution in [0.2, 0.25) is 0 Å². The van der Waals surface area contributed by atoms with Gasteiger partial charge in [0, 0.05) is 10.5 Å². The highest BCUT2D eigenvalue weighted by molar-refractivity contribution is 14.1. The van der Waals surface area contributed by atoms with Gasteiger partial charge in [-0.25, -0.2) is 0 Å². The van der Waals surface area contributed by atoms with Crippen molar-refractivity contribution in [2.45, 2.75) is 52.2 Å². The summed E-state index contributed by atoms with van der Waals surface area (Å²) in [5.41, 5.74) is 1.86. The number of halogens is 2. The molecule has 33 heavy (non-hydrogen) atoms. The van der Waals surface area contributed by atoms with Gasteiger partial charge < -0.3 is 14.8 Å². The van der Waals surface area contributed by atoms with E-state index in [1.165, 1.54) is 6.42 Å². The number of hydrogen-bond donors (Lipinski definition) is 1. The third-order valence-electron chi connectivity index (χ3n) is 5.73. The van der Waals surface area contributed by atoms with Gasteiger partial charge in [0.15, 0.2) is 11.5 Å². The average Bonchev–Trinajstić information content (AvgIpc) is 2.79. The number of ether oxygens (including phenoxy) is 2.